The third-order valence-electron chi connectivity index (χ3n) is 1.60. The minimum Gasteiger partial charge on any atom is -0.465 e. The summed E-state index contributed by atoms with van der Waals surface area (Å²) in [5.41, 5.74) is 1.01. The molecule has 0 aliphatic rings. The van der Waals surface area contributed by atoms with E-state index in [1.807, 2.05) is 0 Å². The minimum absolute atomic E-state index is 0.393. The Bertz CT molecular complexity index is 376. The van der Waals surface area contributed by atoms with Crippen molar-refractivity contribution >= 4 is 28.1 Å². The molecule has 0 bridgehead atoms. The van der Waals surface area contributed by atoms with E-state index >= 15 is 0 Å². The molecule has 0 aliphatic heterocycles. The number of oxime groups is 1. The Morgan fingerprint density at radius 2 is 2.36 bits per heavy atom. The molecule has 0 saturated carbocycles. The van der Waals surface area contributed by atoms with Crippen LogP contribution in [0, 0.1) is 0 Å². The number of ether oxygens (including phenoxy) is 1. The van der Waals surface area contributed by atoms with Gasteiger partial charge in [0.05, 0.1) is 18.9 Å². The Kier molecular flexibility index (Phi) is 3.64. The highest BCUT2D eigenvalue weighted by atomic mass is 79.9. The molecule has 1 aromatic carbocycles. The number of nitrogens with zero attached hydrogens (tertiary/aromatic N) is 1. The molecule has 0 heterocycles. The maximum Gasteiger partial charge on any atom is 0.339 e. The second kappa shape index (κ2) is 4.76. The predicted molar refractivity (Wildman–Crippen MR) is 54.9 cm³/mol. The summed E-state index contributed by atoms with van der Waals surface area (Å²) in [4.78, 5) is 11.2. The summed E-state index contributed by atoms with van der Waals surface area (Å²) in [5, 5.41) is 11.2. The Morgan fingerprint density at radius 3 is 2.93 bits per heavy atom. The number of benzene rings is 1. The van der Waals surface area contributed by atoms with Crippen molar-refractivity contribution in [2.75, 3.05) is 7.11 Å². The van der Waals surface area contributed by atoms with E-state index in [2.05, 4.69) is 25.8 Å². The van der Waals surface area contributed by atoms with E-state index in [4.69, 9.17) is 5.21 Å². The number of methoxy groups -OCH3 is 1. The van der Waals surface area contributed by atoms with Crippen LogP contribution in [-0.2, 0) is 4.74 Å². The van der Waals surface area contributed by atoms with Crippen molar-refractivity contribution in [3.05, 3.63) is 33.8 Å². The highest BCUT2D eigenvalue weighted by Crippen LogP contribution is 2.18. The van der Waals surface area contributed by atoms with Gasteiger partial charge in [0, 0.05) is 4.47 Å². The molecule has 0 atom stereocenters. The minimum atomic E-state index is -0.440. The lowest BCUT2D eigenvalue weighted by molar-refractivity contribution is 0.0599. The van der Waals surface area contributed by atoms with Crippen LogP contribution in [0.2, 0.25) is 0 Å². The van der Waals surface area contributed by atoms with Crippen LogP contribution in [0.15, 0.2) is 27.8 Å². The van der Waals surface area contributed by atoms with Gasteiger partial charge in [0.2, 0.25) is 0 Å². The number of carbonyl (C=O) groups excluding carboxylic acids is 1. The highest BCUT2D eigenvalue weighted by molar-refractivity contribution is 9.10. The Hall–Kier alpha value is -1.36. The first-order chi connectivity index (χ1) is 6.69. The number of hydrogen-bond acceptors (Lipinski definition) is 4. The van der Waals surface area contributed by atoms with Gasteiger partial charge >= 0.3 is 5.97 Å². The average molecular weight is 258 g/mol. The molecular weight excluding hydrogens is 250 g/mol. The number of rotatable bonds is 2. The van der Waals surface area contributed by atoms with Gasteiger partial charge in [-0.05, 0) is 33.6 Å². The van der Waals surface area contributed by atoms with Crippen LogP contribution < -0.4 is 0 Å². The Morgan fingerprint density at radius 1 is 1.64 bits per heavy atom. The van der Waals surface area contributed by atoms with Crippen molar-refractivity contribution in [2.45, 2.75) is 0 Å². The molecule has 74 valence electrons. The summed E-state index contributed by atoms with van der Waals surface area (Å²) in [5.74, 6) is -0.440. The summed E-state index contributed by atoms with van der Waals surface area (Å²) in [6, 6.07) is 4.95. The molecule has 0 unspecified atom stereocenters. The van der Waals surface area contributed by atoms with E-state index in [0.29, 0.717) is 15.6 Å². The zero-order valence-electron chi connectivity index (χ0n) is 7.40. The SMILES string of the molecule is COC(=O)c1cc(C=NO)ccc1Br. The van der Waals surface area contributed by atoms with E-state index < -0.39 is 5.97 Å². The maximum atomic E-state index is 11.2. The molecule has 0 aromatic heterocycles. The van der Waals surface area contributed by atoms with E-state index in [0.717, 1.165) is 0 Å². The predicted octanol–water partition coefficient (Wildman–Crippen LogP) is 2.04. The van der Waals surface area contributed by atoms with Crippen LogP contribution in [-0.4, -0.2) is 24.5 Å². The molecule has 1 N–H and O–H groups in total. The summed E-state index contributed by atoms with van der Waals surface area (Å²) < 4.78 is 5.21. The fraction of sp³-hybridized carbons (Fsp3) is 0.111. The highest BCUT2D eigenvalue weighted by Gasteiger charge is 2.10. The standard InChI is InChI=1S/C9H8BrNO3/c1-14-9(12)7-4-6(5-11-13)2-3-8(7)10/h2-5,13H,1H3. The first-order valence-electron chi connectivity index (χ1n) is 3.74. The molecular formula is C9H8BrNO3. The van der Waals surface area contributed by atoms with Gasteiger partial charge in [0.15, 0.2) is 0 Å². The van der Waals surface area contributed by atoms with Crippen LogP contribution in [0.1, 0.15) is 15.9 Å². The molecule has 1 rings (SSSR count). The van der Waals surface area contributed by atoms with E-state index in [-0.39, 0.29) is 0 Å². The van der Waals surface area contributed by atoms with Gasteiger partial charge in [-0.25, -0.2) is 4.79 Å². The molecule has 1 aromatic rings. The normalized spacial score (nSPS) is 10.4. The summed E-state index contributed by atoms with van der Waals surface area (Å²) in [7, 11) is 1.31. The lowest BCUT2D eigenvalue weighted by Gasteiger charge is -2.02. The van der Waals surface area contributed by atoms with Gasteiger partial charge in [-0.15, -0.1) is 0 Å². The van der Waals surface area contributed by atoms with Crippen LogP contribution in [0.4, 0.5) is 0 Å². The van der Waals surface area contributed by atoms with Crippen molar-refractivity contribution in [3.63, 3.8) is 0 Å². The number of hydrogen-bond donors (Lipinski definition) is 1. The number of esters is 1. The molecule has 0 spiro atoms. The van der Waals surface area contributed by atoms with Crippen molar-refractivity contribution in [1.29, 1.82) is 0 Å². The molecule has 0 saturated heterocycles. The third kappa shape index (κ3) is 2.32. The maximum absolute atomic E-state index is 11.2. The molecule has 0 radical (unpaired) electrons. The zero-order valence-corrected chi connectivity index (χ0v) is 8.98. The molecule has 0 amide bonds. The zero-order chi connectivity index (χ0) is 10.6. The monoisotopic (exact) mass is 257 g/mol. The lowest BCUT2D eigenvalue weighted by Crippen LogP contribution is -2.03. The van der Waals surface area contributed by atoms with Crippen molar-refractivity contribution < 1.29 is 14.7 Å². The molecule has 4 nitrogen and oxygen atoms in total. The van der Waals surface area contributed by atoms with Crippen LogP contribution >= 0.6 is 15.9 Å². The Labute approximate surface area is 89.3 Å². The van der Waals surface area contributed by atoms with Crippen LogP contribution in [0.5, 0.6) is 0 Å². The molecule has 0 fully saturated rings. The van der Waals surface area contributed by atoms with E-state index in [9.17, 15) is 4.79 Å². The second-order valence-electron chi connectivity index (χ2n) is 2.48. The average Bonchev–Trinajstić information content (AvgIpc) is 2.20. The molecule has 0 aliphatic carbocycles. The lowest BCUT2D eigenvalue weighted by atomic mass is 10.1. The second-order valence-corrected chi connectivity index (χ2v) is 3.33. The summed E-state index contributed by atoms with van der Waals surface area (Å²) >= 11 is 3.22. The quantitative estimate of drug-likeness (QED) is 0.382. The fourth-order valence-electron chi connectivity index (χ4n) is 0.956. The van der Waals surface area contributed by atoms with Gasteiger partial charge in [0.1, 0.15) is 0 Å². The third-order valence-corrected chi connectivity index (χ3v) is 2.29. The molecule has 14 heavy (non-hydrogen) atoms. The summed E-state index contributed by atoms with van der Waals surface area (Å²) in [6.45, 7) is 0. The summed E-state index contributed by atoms with van der Waals surface area (Å²) in [6.07, 6.45) is 1.23. The van der Waals surface area contributed by atoms with Gasteiger partial charge in [-0.3, -0.25) is 0 Å². The first-order valence-corrected chi connectivity index (χ1v) is 4.53. The van der Waals surface area contributed by atoms with E-state index in [1.54, 1.807) is 18.2 Å². The number of carbonyl (C=O) groups is 1. The topological polar surface area (TPSA) is 58.9 Å². The number of halogens is 1. The van der Waals surface area contributed by atoms with Gasteiger partial charge in [0.25, 0.3) is 0 Å². The van der Waals surface area contributed by atoms with Gasteiger partial charge in [-0.1, -0.05) is 11.2 Å². The van der Waals surface area contributed by atoms with Gasteiger partial charge in [-0.2, -0.15) is 0 Å². The van der Waals surface area contributed by atoms with Crippen LogP contribution in [0.3, 0.4) is 0 Å². The van der Waals surface area contributed by atoms with E-state index in [1.165, 1.54) is 13.3 Å². The largest absolute Gasteiger partial charge is 0.465 e. The van der Waals surface area contributed by atoms with Gasteiger partial charge < -0.3 is 9.94 Å². The van der Waals surface area contributed by atoms with Crippen molar-refractivity contribution in [1.82, 2.24) is 0 Å². The fourth-order valence-corrected chi connectivity index (χ4v) is 1.36. The van der Waals surface area contributed by atoms with Crippen molar-refractivity contribution in [2.24, 2.45) is 5.16 Å². The first kappa shape index (κ1) is 10.7. The van der Waals surface area contributed by atoms with Crippen LogP contribution in [0.25, 0.3) is 0 Å². The smallest absolute Gasteiger partial charge is 0.339 e. The molecule has 5 heteroatoms. The van der Waals surface area contributed by atoms with Crippen molar-refractivity contribution in [3.8, 4) is 0 Å². The Balaban J connectivity index is 3.14.